The number of aryl methyl sites for hydroxylation is 1. The third-order valence-corrected chi connectivity index (χ3v) is 6.78. The van der Waals surface area contributed by atoms with Crippen molar-refractivity contribution in [1.29, 1.82) is 0 Å². The van der Waals surface area contributed by atoms with Gasteiger partial charge in [-0.15, -0.1) is 0 Å². The second-order valence-corrected chi connectivity index (χ2v) is 9.82. The number of aliphatic hydroxyl groups is 1. The van der Waals surface area contributed by atoms with E-state index in [0.717, 1.165) is 22.0 Å². The van der Waals surface area contributed by atoms with Gasteiger partial charge in [0.2, 0.25) is 0 Å². The lowest BCUT2D eigenvalue weighted by Gasteiger charge is -2.28. The summed E-state index contributed by atoms with van der Waals surface area (Å²) in [5.74, 6) is 1.00. The molecule has 2 aromatic carbocycles. The average Bonchev–Trinajstić information content (AvgIpc) is 3.14. The van der Waals surface area contributed by atoms with Gasteiger partial charge in [-0.1, -0.05) is 18.2 Å². The van der Waals surface area contributed by atoms with Crippen LogP contribution in [-0.4, -0.2) is 72.1 Å². The van der Waals surface area contributed by atoms with Crippen molar-refractivity contribution < 1.29 is 18.3 Å². The van der Waals surface area contributed by atoms with Crippen LogP contribution in [0.25, 0.3) is 22.0 Å². The molecule has 1 N–H and O–H groups in total. The maximum absolute atomic E-state index is 11.5. The van der Waals surface area contributed by atoms with Crippen LogP contribution in [-0.2, 0) is 16.9 Å². The average molecular weight is 416 g/mol. The number of aliphatic hydroxyl groups excluding tert-OH is 1. The van der Waals surface area contributed by atoms with E-state index in [1.807, 2.05) is 48.5 Å². The third-order valence-electron chi connectivity index (χ3n) is 5.17. The molecule has 1 fully saturated rings. The Morgan fingerprint density at radius 3 is 2.59 bits per heavy atom. The molecule has 4 rings (SSSR count). The molecule has 1 saturated heterocycles. The van der Waals surface area contributed by atoms with Gasteiger partial charge in [-0.2, -0.15) is 5.10 Å². The molecular weight excluding hydrogens is 390 g/mol. The lowest BCUT2D eigenvalue weighted by atomic mass is 10.0. The van der Waals surface area contributed by atoms with Gasteiger partial charge in [0.25, 0.3) is 0 Å². The minimum atomic E-state index is -2.91. The Labute approximate surface area is 170 Å². The fraction of sp³-hybridized carbons (Fsp3) is 0.381. The number of nitrogens with zero attached hydrogens (tertiary/aromatic N) is 3. The zero-order valence-corrected chi connectivity index (χ0v) is 17.2. The molecule has 29 heavy (non-hydrogen) atoms. The summed E-state index contributed by atoms with van der Waals surface area (Å²) in [6.07, 6.45) is 1.24. The number of benzene rings is 2. The van der Waals surface area contributed by atoms with Gasteiger partial charge in [0.15, 0.2) is 9.84 Å². The minimum absolute atomic E-state index is 0.157. The van der Waals surface area contributed by atoms with E-state index in [1.54, 1.807) is 4.68 Å². The number of ether oxygens (including phenoxy) is 1. The first kappa shape index (κ1) is 19.9. The molecule has 7 nitrogen and oxygen atoms in total. The van der Waals surface area contributed by atoms with Crippen LogP contribution in [0.5, 0.6) is 5.75 Å². The number of hydrogen-bond donors (Lipinski definition) is 1. The first-order valence-electron chi connectivity index (χ1n) is 9.65. The van der Waals surface area contributed by atoms with Crippen molar-refractivity contribution in [3.05, 3.63) is 48.7 Å². The fourth-order valence-corrected chi connectivity index (χ4v) is 4.80. The minimum Gasteiger partial charge on any atom is -0.491 e. The predicted molar refractivity (Wildman–Crippen MR) is 113 cm³/mol. The maximum Gasteiger partial charge on any atom is 0.152 e. The van der Waals surface area contributed by atoms with Gasteiger partial charge in [0, 0.05) is 38.4 Å². The highest BCUT2D eigenvalue weighted by Crippen LogP contribution is 2.26. The molecule has 0 aliphatic carbocycles. The summed E-state index contributed by atoms with van der Waals surface area (Å²) in [7, 11) is -1.02. The summed E-state index contributed by atoms with van der Waals surface area (Å²) in [5, 5.41) is 16.9. The van der Waals surface area contributed by atoms with E-state index in [9.17, 15) is 13.5 Å². The zero-order valence-electron chi connectivity index (χ0n) is 16.4. The van der Waals surface area contributed by atoms with Crippen molar-refractivity contribution in [3.63, 3.8) is 0 Å². The molecule has 0 bridgehead atoms. The second kappa shape index (κ2) is 8.14. The molecule has 1 aliphatic heterocycles. The standard InChI is InChI=1S/C21H25N3O4S/c1-23-7-6-21(22-23)17-3-2-16-4-5-20(13-18(16)12-17)28-15-19(25)14-24-8-10-29(26,27)11-9-24/h2-7,12-13,19,25H,8-11,14-15H2,1H3. The first-order valence-corrected chi connectivity index (χ1v) is 11.5. The van der Waals surface area contributed by atoms with Crippen LogP contribution in [0.3, 0.4) is 0 Å². The Kier molecular flexibility index (Phi) is 5.58. The molecule has 1 aliphatic rings. The summed E-state index contributed by atoms with van der Waals surface area (Å²) >= 11 is 0. The van der Waals surface area contributed by atoms with Crippen LogP contribution in [0.1, 0.15) is 0 Å². The fourth-order valence-electron chi connectivity index (χ4n) is 3.52. The van der Waals surface area contributed by atoms with E-state index in [2.05, 4.69) is 17.2 Å². The maximum atomic E-state index is 11.5. The lowest BCUT2D eigenvalue weighted by Crippen LogP contribution is -2.44. The molecule has 1 aromatic heterocycles. The molecule has 2 heterocycles. The van der Waals surface area contributed by atoms with Gasteiger partial charge in [0.05, 0.1) is 17.2 Å². The van der Waals surface area contributed by atoms with Gasteiger partial charge in [-0.25, -0.2) is 8.42 Å². The van der Waals surface area contributed by atoms with Crippen molar-refractivity contribution in [2.75, 3.05) is 37.7 Å². The van der Waals surface area contributed by atoms with Crippen LogP contribution in [0.2, 0.25) is 0 Å². The lowest BCUT2D eigenvalue weighted by molar-refractivity contribution is 0.0710. The van der Waals surface area contributed by atoms with Crippen molar-refractivity contribution in [2.45, 2.75) is 6.10 Å². The second-order valence-electron chi connectivity index (χ2n) is 7.52. The van der Waals surface area contributed by atoms with Gasteiger partial charge < -0.3 is 9.84 Å². The highest BCUT2D eigenvalue weighted by Gasteiger charge is 2.23. The SMILES string of the molecule is Cn1ccc(-c2ccc3ccc(OCC(O)CN4CCS(=O)(=O)CC4)cc3c2)n1. The Hall–Kier alpha value is -2.42. The van der Waals surface area contributed by atoms with E-state index >= 15 is 0 Å². The van der Waals surface area contributed by atoms with E-state index in [1.165, 1.54) is 0 Å². The van der Waals surface area contributed by atoms with Gasteiger partial charge in [-0.05, 0) is 35.0 Å². The van der Waals surface area contributed by atoms with Crippen LogP contribution >= 0.6 is 0 Å². The number of sulfone groups is 1. The summed E-state index contributed by atoms with van der Waals surface area (Å²) in [5.41, 5.74) is 1.95. The first-order chi connectivity index (χ1) is 13.9. The summed E-state index contributed by atoms with van der Waals surface area (Å²) < 4.78 is 30.6. The van der Waals surface area contributed by atoms with Crippen LogP contribution < -0.4 is 4.74 Å². The molecule has 3 aromatic rings. The largest absolute Gasteiger partial charge is 0.491 e. The quantitative estimate of drug-likeness (QED) is 0.660. The van der Waals surface area contributed by atoms with Crippen LogP contribution in [0, 0.1) is 0 Å². The summed E-state index contributed by atoms with van der Waals surface area (Å²) in [4.78, 5) is 1.97. The van der Waals surface area contributed by atoms with Crippen LogP contribution in [0.4, 0.5) is 0 Å². The Balaban J connectivity index is 1.39. The molecule has 154 valence electrons. The number of β-amino-alcohol motifs (C(OH)–C–C–N with tert-alkyl or cyclic N) is 1. The highest BCUT2D eigenvalue weighted by molar-refractivity contribution is 7.91. The molecule has 1 unspecified atom stereocenters. The molecule has 1 atom stereocenters. The van der Waals surface area contributed by atoms with E-state index in [-0.39, 0.29) is 18.1 Å². The molecule has 0 radical (unpaired) electrons. The van der Waals surface area contributed by atoms with E-state index in [0.29, 0.717) is 25.4 Å². The molecular formula is C21H25N3O4S. The topological polar surface area (TPSA) is 84.7 Å². The van der Waals surface area contributed by atoms with Gasteiger partial charge in [0.1, 0.15) is 18.5 Å². The van der Waals surface area contributed by atoms with Gasteiger partial charge >= 0.3 is 0 Å². The molecule has 8 heteroatoms. The number of aromatic nitrogens is 2. The van der Waals surface area contributed by atoms with Crippen molar-refractivity contribution in [1.82, 2.24) is 14.7 Å². The molecule has 0 amide bonds. The summed E-state index contributed by atoms with van der Waals surface area (Å²) in [6.45, 7) is 1.50. The zero-order chi connectivity index (χ0) is 20.4. The monoisotopic (exact) mass is 415 g/mol. The predicted octanol–water partition coefficient (Wildman–Crippen LogP) is 1.71. The van der Waals surface area contributed by atoms with Crippen molar-refractivity contribution in [3.8, 4) is 17.0 Å². The number of hydrogen-bond acceptors (Lipinski definition) is 6. The Morgan fingerprint density at radius 1 is 1.10 bits per heavy atom. The van der Waals surface area contributed by atoms with Gasteiger partial charge in [-0.3, -0.25) is 9.58 Å². The van der Waals surface area contributed by atoms with Crippen molar-refractivity contribution >= 4 is 20.6 Å². The molecule has 0 saturated carbocycles. The van der Waals surface area contributed by atoms with E-state index in [4.69, 9.17) is 4.74 Å². The van der Waals surface area contributed by atoms with E-state index < -0.39 is 15.9 Å². The summed E-state index contributed by atoms with van der Waals surface area (Å²) in [6, 6.07) is 14.0. The number of fused-ring (bicyclic) bond motifs is 1. The van der Waals surface area contributed by atoms with Crippen LogP contribution in [0.15, 0.2) is 48.7 Å². The normalized spacial score (nSPS) is 18.0. The van der Waals surface area contributed by atoms with Crippen molar-refractivity contribution in [2.24, 2.45) is 7.05 Å². The third kappa shape index (κ3) is 4.95. The highest BCUT2D eigenvalue weighted by atomic mass is 32.2. The Bertz CT molecular complexity index is 1100. The smallest absolute Gasteiger partial charge is 0.152 e. The number of rotatable bonds is 6. The Morgan fingerprint density at radius 2 is 1.86 bits per heavy atom. The molecule has 0 spiro atoms.